The molecule has 0 unspecified atom stereocenters. The van der Waals surface area contributed by atoms with Crippen LogP contribution in [0, 0.1) is 5.82 Å². The molecule has 0 spiro atoms. The minimum Gasteiger partial charge on any atom is -0.496 e. The number of para-hydroxylation sites is 1. The molecule has 2 N–H and O–H groups in total. The molecule has 4 atom stereocenters. The summed E-state index contributed by atoms with van der Waals surface area (Å²) < 4.78 is 24.8. The lowest BCUT2D eigenvalue weighted by atomic mass is 10.1. The fourth-order valence-corrected chi connectivity index (χ4v) is 4.55. The van der Waals surface area contributed by atoms with Crippen molar-refractivity contribution in [1.82, 2.24) is 10.2 Å². The van der Waals surface area contributed by atoms with E-state index < -0.39 is 18.0 Å². The number of hydrogen-bond acceptors (Lipinski definition) is 5. The van der Waals surface area contributed by atoms with E-state index in [-0.39, 0.29) is 18.0 Å². The molecule has 0 bridgehead atoms. The second kappa shape index (κ2) is 9.02. The average Bonchev–Trinajstić information content (AvgIpc) is 3.36. The van der Waals surface area contributed by atoms with Crippen LogP contribution in [-0.4, -0.2) is 60.4 Å². The zero-order valence-electron chi connectivity index (χ0n) is 17.0. The topological polar surface area (TPSA) is 71.0 Å². The Balaban J connectivity index is 1.54. The second-order valence-electron chi connectivity index (χ2n) is 7.85. The van der Waals surface area contributed by atoms with Gasteiger partial charge in [-0.25, -0.2) is 4.39 Å². The first kappa shape index (κ1) is 20.6. The third kappa shape index (κ3) is 4.27. The number of aliphatic hydroxyl groups is 1. The first-order valence-corrected chi connectivity index (χ1v) is 10.3. The quantitative estimate of drug-likeness (QED) is 0.761. The summed E-state index contributed by atoms with van der Waals surface area (Å²) in [5.41, 5.74) is 0.448. The fourth-order valence-electron chi connectivity index (χ4n) is 4.55. The lowest BCUT2D eigenvalue weighted by Crippen LogP contribution is -2.52. The zero-order chi connectivity index (χ0) is 21.1. The molecule has 30 heavy (non-hydrogen) atoms. The summed E-state index contributed by atoms with van der Waals surface area (Å²) in [4.78, 5) is 15.2. The zero-order valence-corrected chi connectivity index (χ0v) is 17.0. The van der Waals surface area contributed by atoms with Gasteiger partial charge >= 0.3 is 0 Å². The van der Waals surface area contributed by atoms with Crippen LogP contribution in [0.15, 0.2) is 48.5 Å². The molecule has 1 amide bonds. The van der Waals surface area contributed by atoms with Crippen LogP contribution in [0.1, 0.15) is 29.6 Å². The van der Waals surface area contributed by atoms with Crippen molar-refractivity contribution in [2.75, 3.05) is 20.2 Å². The number of nitrogens with zero attached hydrogens (tertiary/aromatic N) is 1. The third-order valence-electron chi connectivity index (χ3n) is 5.94. The molecule has 2 aromatic carbocycles. The lowest BCUT2D eigenvalue weighted by molar-refractivity contribution is 0.0138. The van der Waals surface area contributed by atoms with Gasteiger partial charge in [-0.1, -0.05) is 18.2 Å². The molecular weight excluding hydrogens is 387 g/mol. The molecule has 1 saturated heterocycles. The number of aliphatic hydroxyl groups excluding tert-OH is 1. The van der Waals surface area contributed by atoms with Crippen LogP contribution < -0.4 is 14.8 Å². The number of likely N-dealkylation sites (tertiary alicyclic amines) is 1. The van der Waals surface area contributed by atoms with E-state index in [9.17, 15) is 14.3 Å². The number of rotatable bonds is 6. The van der Waals surface area contributed by atoms with Gasteiger partial charge in [0.25, 0.3) is 5.91 Å². The Kier molecular flexibility index (Phi) is 6.20. The van der Waals surface area contributed by atoms with E-state index in [0.29, 0.717) is 23.5 Å². The molecule has 6 nitrogen and oxygen atoms in total. The van der Waals surface area contributed by atoms with E-state index in [1.807, 2.05) is 6.07 Å². The highest BCUT2D eigenvalue weighted by Crippen LogP contribution is 2.32. The maximum Gasteiger partial charge on any atom is 0.255 e. The summed E-state index contributed by atoms with van der Waals surface area (Å²) in [6.07, 6.45) is 1.21. The summed E-state index contributed by atoms with van der Waals surface area (Å²) in [5, 5.41) is 14.1. The molecule has 2 aliphatic rings. The Bertz CT molecular complexity index is 887. The molecular formula is C23H27FN2O4. The Morgan fingerprint density at radius 2 is 1.93 bits per heavy atom. The lowest BCUT2D eigenvalue weighted by Gasteiger charge is -2.32. The van der Waals surface area contributed by atoms with Gasteiger partial charge in [-0.05, 0) is 50.2 Å². The van der Waals surface area contributed by atoms with Crippen molar-refractivity contribution in [3.63, 3.8) is 0 Å². The van der Waals surface area contributed by atoms with Crippen LogP contribution in [0.3, 0.4) is 0 Å². The summed E-state index contributed by atoms with van der Waals surface area (Å²) in [6.45, 7) is 1.74. The van der Waals surface area contributed by atoms with E-state index in [1.54, 1.807) is 30.3 Å². The van der Waals surface area contributed by atoms with Gasteiger partial charge in [-0.15, -0.1) is 0 Å². The summed E-state index contributed by atoms with van der Waals surface area (Å²) in [7, 11) is 1.53. The average molecular weight is 414 g/mol. The van der Waals surface area contributed by atoms with Gasteiger partial charge in [0.1, 0.15) is 29.5 Å². The van der Waals surface area contributed by atoms with E-state index >= 15 is 0 Å². The summed E-state index contributed by atoms with van der Waals surface area (Å²) in [5.74, 6) is 0.229. The standard InChI is InChI=1S/C23H27FN2O4/c1-29-19-10-3-2-9-17(19)23(28)25-18-14-20(30-16-8-6-7-15(24)13-16)22(27)21(18)26-11-4-5-12-26/h2-3,6-10,13,18,20-22,27H,4-5,11-12,14H2,1H3,(H,25,28)/t18-,20-,21+,22+/m1/s1. The largest absolute Gasteiger partial charge is 0.496 e. The fraction of sp³-hybridized carbons (Fsp3) is 0.435. The first-order chi connectivity index (χ1) is 14.6. The van der Waals surface area contributed by atoms with Crippen molar-refractivity contribution in [1.29, 1.82) is 0 Å². The number of methoxy groups -OCH3 is 1. The Labute approximate surface area is 175 Å². The molecule has 160 valence electrons. The monoisotopic (exact) mass is 414 g/mol. The van der Waals surface area contributed by atoms with Crippen LogP contribution in [0.4, 0.5) is 4.39 Å². The Morgan fingerprint density at radius 1 is 1.17 bits per heavy atom. The van der Waals surface area contributed by atoms with Crippen molar-refractivity contribution in [3.8, 4) is 11.5 Å². The number of amides is 1. The van der Waals surface area contributed by atoms with Crippen LogP contribution in [-0.2, 0) is 0 Å². The molecule has 7 heteroatoms. The summed E-state index contributed by atoms with van der Waals surface area (Å²) >= 11 is 0. The first-order valence-electron chi connectivity index (χ1n) is 10.3. The highest BCUT2D eigenvalue weighted by atomic mass is 19.1. The number of nitrogens with one attached hydrogen (secondary N) is 1. The number of ether oxygens (including phenoxy) is 2. The minimum atomic E-state index is -0.797. The van der Waals surface area contributed by atoms with Gasteiger partial charge in [0.2, 0.25) is 0 Å². The Hall–Kier alpha value is -2.64. The predicted octanol–water partition coefficient (Wildman–Crippen LogP) is 2.61. The molecule has 0 aromatic heterocycles. The van der Waals surface area contributed by atoms with Crippen molar-refractivity contribution < 1.29 is 23.8 Å². The predicted molar refractivity (Wildman–Crippen MR) is 110 cm³/mol. The van der Waals surface area contributed by atoms with Crippen molar-refractivity contribution in [3.05, 3.63) is 59.9 Å². The summed E-state index contributed by atoms with van der Waals surface area (Å²) in [6, 6.07) is 12.4. The number of benzene rings is 2. The van der Waals surface area contributed by atoms with Gasteiger partial charge in [-0.2, -0.15) is 0 Å². The van der Waals surface area contributed by atoms with Gasteiger partial charge in [0.15, 0.2) is 0 Å². The second-order valence-corrected chi connectivity index (χ2v) is 7.85. The molecule has 2 fully saturated rings. The molecule has 2 aromatic rings. The van der Waals surface area contributed by atoms with Crippen molar-refractivity contribution in [2.24, 2.45) is 0 Å². The van der Waals surface area contributed by atoms with Crippen molar-refractivity contribution >= 4 is 5.91 Å². The number of carbonyl (C=O) groups is 1. The number of halogens is 1. The molecule has 0 radical (unpaired) electrons. The maximum atomic E-state index is 13.5. The van der Waals surface area contributed by atoms with E-state index in [0.717, 1.165) is 25.9 Å². The van der Waals surface area contributed by atoms with Crippen LogP contribution in [0.25, 0.3) is 0 Å². The molecule has 4 rings (SSSR count). The highest BCUT2D eigenvalue weighted by molar-refractivity contribution is 5.97. The third-order valence-corrected chi connectivity index (χ3v) is 5.94. The SMILES string of the molecule is COc1ccccc1C(=O)N[C@@H]1C[C@@H](Oc2cccc(F)c2)[C@H](O)[C@H]1N1CCCC1. The molecule has 1 aliphatic carbocycles. The van der Waals surface area contributed by atoms with Gasteiger partial charge < -0.3 is 19.9 Å². The molecule has 1 aliphatic heterocycles. The number of hydrogen-bond donors (Lipinski definition) is 2. The number of carbonyl (C=O) groups excluding carboxylic acids is 1. The van der Waals surface area contributed by atoms with E-state index in [1.165, 1.54) is 19.2 Å². The minimum absolute atomic E-state index is 0.250. The van der Waals surface area contributed by atoms with Crippen LogP contribution in [0.5, 0.6) is 11.5 Å². The van der Waals surface area contributed by atoms with E-state index in [4.69, 9.17) is 9.47 Å². The Morgan fingerprint density at radius 3 is 2.67 bits per heavy atom. The van der Waals surface area contributed by atoms with Gasteiger partial charge in [0.05, 0.1) is 24.8 Å². The maximum absolute atomic E-state index is 13.5. The van der Waals surface area contributed by atoms with E-state index in [2.05, 4.69) is 10.2 Å². The van der Waals surface area contributed by atoms with Gasteiger partial charge in [-0.3, -0.25) is 9.69 Å². The van der Waals surface area contributed by atoms with Crippen LogP contribution in [0.2, 0.25) is 0 Å². The van der Waals surface area contributed by atoms with Crippen LogP contribution >= 0.6 is 0 Å². The van der Waals surface area contributed by atoms with Crippen molar-refractivity contribution in [2.45, 2.75) is 43.6 Å². The molecule has 1 heterocycles. The van der Waals surface area contributed by atoms with Gasteiger partial charge in [0, 0.05) is 12.5 Å². The molecule has 1 saturated carbocycles. The highest BCUT2D eigenvalue weighted by Gasteiger charge is 2.48. The smallest absolute Gasteiger partial charge is 0.255 e. The normalized spacial score (nSPS) is 26.5.